The van der Waals surface area contributed by atoms with Crippen molar-refractivity contribution >= 4 is 0 Å². The van der Waals surface area contributed by atoms with Gasteiger partial charge in [0.1, 0.15) is 5.75 Å². The standard InChI is InChI=1S/C16H20N2O3/c1-4-21-14-7-5-13(6-8-14)18-10-9-17(11-12(2)3)15(19)16(18)20/h5-10,12H,4,11H2,1-3H3. The lowest BCUT2D eigenvalue weighted by molar-refractivity contribution is 0.340. The van der Waals surface area contributed by atoms with Gasteiger partial charge in [-0.1, -0.05) is 13.8 Å². The topological polar surface area (TPSA) is 53.2 Å². The van der Waals surface area contributed by atoms with Gasteiger partial charge in [-0.2, -0.15) is 0 Å². The Labute approximate surface area is 123 Å². The third kappa shape index (κ3) is 3.42. The molecule has 0 atom stereocenters. The van der Waals surface area contributed by atoms with E-state index in [9.17, 15) is 9.59 Å². The summed E-state index contributed by atoms with van der Waals surface area (Å²) in [6.45, 7) is 7.05. The van der Waals surface area contributed by atoms with E-state index in [1.807, 2.05) is 20.8 Å². The number of hydrogen-bond acceptors (Lipinski definition) is 3. The molecule has 0 saturated heterocycles. The fourth-order valence-corrected chi connectivity index (χ4v) is 2.12. The third-order valence-electron chi connectivity index (χ3n) is 3.05. The maximum absolute atomic E-state index is 12.2. The van der Waals surface area contributed by atoms with Crippen LogP contribution in [0.2, 0.25) is 0 Å². The first kappa shape index (κ1) is 15.1. The molecule has 1 aromatic heterocycles. The van der Waals surface area contributed by atoms with E-state index < -0.39 is 11.1 Å². The van der Waals surface area contributed by atoms with Crippen molar-refractivity contribution in [1.29, 1.82) is 0 Å². The van der Waals surface area contributed by atoms with E-state index in [0.29, 0.717) is 24.8 Å². The Hall–Kier alpha value is -2.30. The fraction of sp³-hybridized carbons (Fsp3) is 0.375. The molecule has 0 aliphatic rings. The summed E-state index contributed by atoms with van der Waals surface area (Å²) in [5.41, 5.74) is -0.389. The molecule has 21 heavy (non-hydrogen) atoms. The number of ether oxygens (including phenoxy) is 1. The molecular formula is C16H20N2O3. The van der Waals surface area contributed by atoms with Crippen molar-refractivity contribution < 1.29 is 4.74 Å². The lowest BCUT2D eigenvalue weighted by Gasteiger charge is -2.11. The molecule has 1 heterocycles. The Bertz CT molecular complexity index is 712. The van der Waals surface area contributed by atoms with E-state index in [0.717, 1.165) is 5.75 Å². The highest BCUT2D eigenvalue weighted by molar-refractivity contribution is 5.37. The maximum Gasteiger partial charge on any atom is 0.320 e. The van der Waals surface area contributed by atoms with E-state index in [1.165, 1.54) is 9.13 Å². The van der Waals surface area contributed by atoms with Crippen LogP contribution in [0.4, 0.5) is 0 Å². The maximum atomic E-state index is 12.2. The second-order valence-electron chi connectivity index (χ2n) is 5.25. The second kappa shape index (κ2) is 6.43. The van der Waals surface area contributed by atoms with Crippen molar-refractivity contribution in [3.8, 4) is 11.4 Å². The van der Waals surface area contributed by atoms with Crippen molar-refractivity contribution in [2.75, 3.05) is 6.61 Å². The summed E-state index contributed by atoms with van der Waals surface area (Å²) in [4.78, 5) is 24.3. The predicted molar refractivity (Wildman–Crippen MR) is 82.3 cm³/mol. The number of hydrogen-bond donors (Lipinski definition) is 0. The molecule has 112 valence electrons. The molecule has 0 radical (unpaired) electrons. The molecule has 0 fully saturated rings. The van der Waals surface area contributed by atoms with Crippen LogP contribution in [0.5, 0.6) is 5.75 Å². The van der Waals surface area contributed by atoms with Crippen LogP contribution in [0.25, 0.3) is 5.69 Å². The summed E-state index contributed by atoms with van der Waals surface area (Å²) < 4.78 is 8.17. The van der Waals surface area contributed by atoms with Gasteiger partial charge < -0.3 is 9.30 Å². The van der Waals surface area contributed by atoms with Crippen LogP contribution in [0.3, 0.4) is 0 Å². The molecular weight excluding hydrogens is 268 g/mol. The molecule has 0 amide bonds. The summed E-state index contributed by atoms with van der Waals surface area (Å²) in [7, 11) is 0. The molecule has 5 heteroatoms. The number of rotatable bonds is 5. The van der Waals surface area contributed by atoms with Gasteiger partial charge in [0.2, 0.25) is 0 Å². The van der Waals surface area contributed by atoms with Crippen molar-refractivity contribution in [2.45, 2.75) is 27.3 Å². The highest BCUT2D eigenvalue weighted by Crippen LogP contribution is 2.13. The quantitative estimate of drug-likeness (QED) is 0.791. The van der Waals surface area contributed by atoms with Crippen LogP contribution in [-0.4, -0.2) is 15.7 Å². The smallest absolute Gasteiger partial charge is 0.320 e. The van der Waals surface area contributed by atoms with Crippen LogP contribution >= 0.6 is 0 Å². The molecule has 2 aromatic rings. The minimum atomic E-state index is -0.540. The Kier molecular flexibility index (Phi) is 4.62. The molecule has 0 spiro atoms. The minimum absolute atomic E-state index is 0.309. The largest absolute Gasteiger partial charge is 0.494 e. The Morgan fingerprint density at radius 3 is 2.29 bits per heavy atom. The molecule has 0 N–H and O–H groups in total. The van der Waals surface area contributed by atoms with E-state index in [-0.39, 0.29) is 0 Å². The van der Waals surface area contributed by atoms with Gasteiger partial charge in [0.05, 0.1) is 6.61 Å². The molecule has 2 rings (SSSR count). The van der Waals surface area contributed by atoms with E-state index >= 15 is 0 Å². The summed E-state index contributed by atoms with van der Waals surface area (Å²) in [6, 6.07) is 7.09. The van der Waals surface area contributed by atoms with Crippen molar-refractivity contribution in [3.63, 3.8) is 0 Å². The van der Waals surface area contributed by atoms with E-state index in [1.54, 1.807) is 36.7 Å². The first-order chi connectivity index (χ1) is 10.0. The summed E-state index contributed by atoms with van der Waals surface area (Å²) in [5.74, 6) is 1.05. The summed E-state index contributed by atoms with van der Waals surface area (Å²) in [5, 5.41) is 0. The minimum Gasteiger partial charge on any atom is -0.494 e. The van der Waals surface area contributed by atoms with Gasteiger partial charge in [0.25, 0.3) is 0 Å². The highest BCUT2D eigenvalue weighted by atomic mass is 16.5. The Balaban J connectivity index is 2.39. The average molecular weight is 288 g/mol. The monoisotopic (exact) mass is 288 g/mol. The number of aromatic nitrogens is 2. The predicted octanol–water partition coefficient (Wildman–Crippen LogP) is 2.05. The zero-order chi connectivity index (χ0) is 15.4. The lowest BCUT2D eigenvalue weighted by atomic mass is 10.2. The van der Waals surface area contributed by atoms with Crippen molar-refractivity contribution in [3.05, 3.63) is 57.4 Å². The molecule has 0 unspecified atom stereocenters. The van der Waals surface area contributed by atoms with Crippen molar-refractivity contribution in [1.82, 2.24) is 9.13 Å². The number of nitrogens with zero attached hydrogens (tertiary/aromatic N) is 2. The van der Waals surface area contributed by atoms with Crippen molar-refractivity contribution in [2.24, 2.45) is 5.92 Å². The van der Waals surface area contributed by atoms with Crippen LogP contribution in [0, 0.1) is 5.92 Å². The van der Waals surface area contributed by atoms with Gasteiger partial charge in [-0.25, -0.2) is 0 Å². The zero-order valence-corrected chi connectivity index (χ0v) is 12.6. The average Bonchev–Trinajstić information content (AvgIpc) is 2.45. The van der Waals surface area contributed by atoms with Gasteiger partial charge in [0, 0.05) is 24.6 Å². The number of benzene rings is 1. The fourth-order valence-electron chi connectivity index (χ4n) is 2.12. The Morgan fingerprint density at radius 2 is 1.71 bits per heavy atom. The normalized spacial score (nSPS) is 10.9. The summed E-state index contributed by atoms with van der Waals surface area (Å²) >= 11 is 0. The molecule has 0 saturated carbocycles. The van der Waals surface area contributed by atoms with Gasteiger partial charge in [-0.15, -0.1) is 0 Å². The van der Waals surface area contributed by atoms with Crippen LogP contribution in [0.1, 0.15) is 20.8 Å². The van der Waals surface area contributed by atoms with E-state index in [4.69, 9.17) is 4.74 Å². The zero-order valence-electron chi connectivity index (χ0n) is 12.6. The molecule has 5 nitrogen and oxygen atoms in total. The molecule has 1 aromatic carbocycles. The third-order valence-corrected chi connectivity index (χ3v) is 3.05. The molecule has 0 bridgehead atoms. The van der Waals surface area contributed by atoms with Gasteiger partial charge >= 0.3 is 11.1 Å². The SMILES string of the molecule is CCOc1ccc(-n2ccn(CC(C)C)c(=O)c2=O)cc1. The summed E-state index contributed by atoms with van der Waals surface area (Å²) in [6.07, 6.45) is 3.28. The van der Waals surface area contributed by atoms with Gasteiger partial charge in [-0.3, -0.25) is 14.2 Å². The van der Waals surface area contributed by atoms with Crippen LogP contribution in [-0.2, 0) is 6.54 Å². The highest BCUT2D eigenvalue weighted by Gasteiger charge is 2.07. The lowest BCUT2D eigenvalue weighted by Crippen LogP contribution is -2.40. The molecule has 0 aliphatic carbocycles. The second-order valence-corrected chi connectivity index (χ2v) is 5.25. The van der Waals surface area contributed by atoms with E-state index in [2.05, 4.69) is 0 Å². The Morgan fingerprint density at radius 1 is 1.05 bits per heavy atom. The van der Waals surface area contributed by atoms with Crippen LogP contribution in [0.15, 0.2) is 46.2 Å². The van der Waals surface area contributed by atoms with Gasteiger partial charge in [-0.05, 0) is 37.1 Å². The van der Waals surface area contributed by atoms with Crippen LogP contribution < -0.4 is 15.9 Å². The first-order valence-electron chi connectivity index (χ1n) is 7.08. The van der Waals surface area contributed by atoms with Gasteiger partial charge in [0.15, 0.2) is 0 Å². The molecule has 0 aliphatic heterocycles. The first-order valence-corrected chi connectivity index (χ1v) is 7.08.